The van der Waals surface area contributed by atoms with E-state index in [9.17, 15) is 13.2 Å². The van der Waals surface area contributed by atoms with Gasteiger partial charge in [-0.2, -0.15) is 13.2 Å². The second-order valence-electron chi connectivity index (χ2n) is 5.72. The Labute approximate surface area is 101 Å². The molecule has 0 spiro atoms. The predicted octanol–water partition coefficient (Wildman–Crippen LogP) is 3.87. The summed E-state index contributed by atoms with van der Waals surface area (Å²) in [5, 5.41) is 0. The zero-order chi connectivity index (χ0) is 12.5. The maximum atomic E-state index is 13.0. The van der Waals surface area contributed by atoms with Crippen molar-refractivity contribution in [1.82, 2.24) is 0 Å². The summed E-state index contributed by atoms with van der Waals surface area (Å²) in [5.41, 5.74) is 6.14. The molecule has 17 heavy (non-hydrogen) atoms. The summed E-state index contributed by atoms with van der Waals surface area (Å²) in [5.74, 6) is -1.14. The average Bonchev–Trinajstić information content (AvgIpc) is 2.80. The van der Waals surface area contributed by atoms with Gasteiger partial charge in [-0.1, -0.05) is 25.7 Å². The second-order valence-corrected chi connectivity index (χ2v) is 5.72. The van der Waals surface area contributed by atoms with Crippen molar-refractivity contribution in [3.05, 3.63) is 0 Å². The average molecular weight is 249 g/mol. The van der Waals surface area contributed by atoms with Crippen LogP contribution in [-0.2, 0) is 0 Å². The molecule has 3 unspecified atom stereocenters. The Kier molecular flexibility index (Phi) is 4.01. The quantitative estimate of drug-likeness (QED) is 0.789. The normalized spacial score (nSPS) is 33.9. The fourth-order valence-electron chi connectivity index (χ4n) is 3.72. The van der Waals surface area contributed by atoms with Crippen LogP contribution in [0.25, 0.3) is 0 Å². The fourth-order valence-corrected chi connectivity index (χ4v) is 3.72. The third-order valence-electron chi connectivity index (χ3n) is 4.68. The van der Waals surface area contributed by atoms with Gasteiger partial charge in [-0.3, -0.25) is 0 Å². The Hall–Kier alpha value is -0.250. The molecule has 0 aromatic heterocycles. The van der Waals surface area contributed by atoms with Crippen LogP contribution in [0.2, 0.25) is 0 Å². The predicted molar refractivity (Wildman–Crippen MR) is 61.4 cm³/mol. The highest BCUT2D eigenvalue weighted by atomic mass is 19.4. The van der Waals surface area contributed by atoms with Crippen LogP contribution < -0.4 is 5.73 Å². The number of nitrogens with two attached hydrogens (primary N) is 1. The molecule has 1 nitrogen and oxygen atoms in total. The molecule has 3 atom stereocenters. The first-order valence-electron chi connectivity index (χ1n) is 6.82. The van der Waals surface area contributed by atoms with Crippen LogP contribution >= 0.6 is 0 Å². The molecule has 0 aliphatic heterocycles. The van der Waals surface area contributed by atoms with Gasteiger partial charge in [-0.05, 0) is 37.5 Å². The highest BCUT2D eigenvalue weighted by molar-refractivity contribution is 4.91. The van der Waals surface area contributed by atoms with Crippen molar-refractivity contribution >= 4 is 0 Å². The molecule has 0 heterocycles. The van der Waals surface area contributed by atoms with Gasteiger partial charge in [0.15, 0.2) is 0 Å². The third-order valence-corrected chi connectivity index (χ3v) is 4.68. The lowest BCUT2D eigenvalue weighted by Gasteiger charge is -2.38. The van der Waals surface area contributed by atoms with Gasteiger partial charge in [0, 0.05) is 6.04 Å². The van der Waals surface area contributed by atoms with Gasteiger partial charge in [-0.15, -0.1) is 0 Å². The summed E-state index contributed by atoms with van der Waals surface area (Å²) in [6.07, 6.45) is 2.86. The van der Waals surface area contributed by atoms with E-state index in [4.69, 9.17) is 5.73 Å². The lowest BCUT2D eigenvalue weighted by atomic mass is 9.71. The number of hydrogen-bond acceptors (Lipinski definition) is 1. The van der Waals surface area contributed by atoms with Gasteiger partial charge < -0.3 is 5.73 Å². The third kappa shape index (κ3) is 2.95. The SMILES string of the molecule is NC(C1CCCC1)C1CCCCC1C(F)(F)F. The smallest absolute Gasteiger partial charge is 0.327 e. The Morgan fingerprint density at radius 3 is 2.00 bits per heavy atom. The monoisotopic (exact) mass is 249 g/mol. The molecular weight excluding hydrogens is 227 g/mol. The van der Waals surface area contributed by atoms with Crippen LogP contribution in [-0.4, -0.2) is 12.2 Å². The molecule has 100 valence electrons. The lowest BCUT2D eigenvalue weighted by molar-refractivity contribution is -0.199. The molecule has 2 rings (SSSR count). The maximum Gasteiger partial charge on any atom is 0.392 e. The fraction of sp³-hybridized carbons (Fsp3) is 1.00. The van der Waals surface area contributed by atoms with E-state index in [1.165, 1.54) is 0 Å². The molecule has 0 amide bonds. The molecule has 0 saturated heterocycles. The number of rotatable bonds is 2. The molecule has 2 aliphatic rings. The molecule has 2 saturated carbocycles. The van der Waals surface area contributed by atoms with E-state index in [2.05, 4.69) is 0 Å². The first-order chi connectivity index (χ1) is 8.00. The second kappa shape index (κ2) is 5.17. The Bertz CT molecular complexity index is 246. The van der Waals surface area contributed by atoms with E-state index in [1.807, 2.05) is 0 Å². The molecule has 0 aromatic rings. The molecule has 2 aliphatic carbocycles. The van der Waals surface area contributed by atoms with E-state index in [-0.39, 0.29) is 18.4 Å². The standard InChI is InChI=1S/C13H22F3N/c14-13(15,16)11-8-4-3-7-10(11)12(17)9-5-1-2-6-9/h9-12H,1-8,17H2. The molecule has 2 fully saturated rings. The molecule has 4 heteroatoms. The van der Waals surface area contributed by atoms with Gasteiger partial charge in [0.2, 0.25) is 0 Å². The Balaban J connectivity index is 2.04. The van der Waals surface area contributed by atoms with Gasteiger partial charge >= 0.3 is 6.18 Å². The Morgan fingerprint density at radius 1 is 0.882 bits per heavy atom. The van der Waals surface area contributed by atoms with Crippen molar-refractivity contribution in [3.63, 3.8) is 0 Å². The van der Waals surface area contributed by atoms with E-state index >= 15 is 0 Å². The highest BCUT2D eigenvalue weighted by Gasteiger charge is 2.48. The highest BCUT2D eigenvalue weighted by Crippen LogP contribution is 2.45. The van der Waals surface area contributed by atoms with Crippen LogP contribution in [0.15, 0.2) is 0 Å². The van der Waals surface area contributed by atoms with Crippen LogP contribution in [0, 0.1) is 17.8 Å². The Morgan fingerprint density at radius 2 is 1.41 bits per heavy atom. The maximum absolute atomic E-state index is 13.0. The van der Waals surface area contributed by atoms with E-state index < -0.39 is 12.1 Å². The van der Waals surface area contributed by atoms with Gasteiger partial charge in [-0.25, -0.2) is 0 Å². The van der Waals surface area contributed by atoms with Gasteiger partial charge in [0.05, 0.1) is 5.92 Å². The van der Waals surface area contributed by atoms with Gasteiger partial charge in [0.1, 0.15) is 0 Å². The molecule has 0 bridgehead atoms. The lowest BCUT2D eigenvalue weighted by Crippen LogP contribution is -2.46. The van der Waals surface area contributed by atoms with E-state index in [1.54, 1.807) is 0 Å². The summed E-state index contributed by atoms with van der Waals surface area (Å²) >= 11 is 0. The van der Waals surface area contributed by atoms with E-state index in [0.717, 1.165) is 32.1 Å². The van der Waals surface area contributed by atoms with Crippen molar-refractivity contribution < 1.29 is 13.2 Å². The topological polar surface area (TPSA) is 26.0 Å². The van der Waals surface area contributed by atoms with E-state index in [0.29, 0.717) is 18.8 Å². The minimum Gasteiger partial charge on any atom is -0.327 e. The summed E-state index contributed by atoms with van der Waals surface area (Å²) in [7, 11) is 0. The zero-order valence-electron chi connectivity index (χ0n) is 10.2. The molecule has 0 aromatic carbocycles. The van der Waals surface area contributed by atoms with Crippen molar-refractivity contribution in [1.29, 1.82) is 0 Å². The summed E-state index contributed by atoms with van der Waals surface area (Å²) in [4.78, 5) is 0. The van der Waals surface area contributed by atoms with Crippen molar-refractivity contribution in [2.75, 3.05) is 0 Å². The van der Waals surface area contributed by atoms with Crippen molar-refractivity contribution in [2.45, 2.75) is 63.6 Å². The molecule has 0 radical (unpaired) electrons. The van der Waals surface area contributed by atoms with Crippen molar-refractivity contribution in [3.8, 4) is 0 Å². The summed E-state index contributed by atoms with van der Waals surface area (Å²) < 4.78 is 38.9. The summed E-state index contributed by atoms with van der Waals surface area (Å²) in [6, 6.07) is -0.232. The largest absolute Gasteiger partial charge is 0.392 e. The van der Waals surface area contributed by atoms with Crippen LogP contribution in [0.4, 0.5) is 13.2 Å². The van der Waals surface area contributed by atoms with Crippen LogP contribution in [0.3, 0.4) is 0 Å². The first-order valence-corrected chi connectivity index (χ1v) is 6.82. The van der Waals surface area contributed by atoms with Gasteiger partial charge in [0.25, 0.3) is 0 Å². The van der Waals surface area contributed by atoms with Crippen LogP contribution in [0.5, 0.6) is 0 Å². The molecule has 2 N–H and O–H groups in total. The minimum atomic E-state index is -4.05. The number of hydrogen-bond donors (Lipinski definition) is 1. The minimum absolute atomic E-state index is 0.232. The summed E-state index contributed by atoms with van der Waals surface area (Å²) in [6.45, 7) is 0. The zero-order valence-corrected chi connectivity index (χ0v) is 10.2. The molecular formula is C13H22F3N. The van der Waals surface area contributed by atoms with Crippen LogP contribution in [0.1, 0.15) is 51.4 Å². The number of alkyl halides is 3. The number of halogens is 3. The van der Waals surface area contributed by atoms with Crippen molar-refractivity contribution in [2.24, 2.45) is 23.5 Å². The first kappa shape index (κ1) is 13.2.